The van der Waals surface area contributed by atoms with Crippen LogP contribution in [0.15, 0.2) is 30.3 Å². The van der Waals surface area contributed by atoms with Crippen LogP contribution >= 0.6 is 0 Å². The van der Waals surface area contributed by atoms with Crippen molar-refractivity contribution in [2.24, 2.45) is 5.92 Å². The number of carbonyl (C=O) groups excluding carboxylic acids is 1. The maximum Gasteiger partial charge on any atom is 0.307 e. The molecule has 152 valence electrons. The van der Waals surface area contributed by atoms with Crippen molar-refractivity contribution >= 4 is 21.7 Å². The number of carbonyl (C=O) groups is 2. The van der Waals surface area contributed by atoms with E-state index < -0.39 is 38.1 Å². The molecule has 0 saturated heterocycles. The molecule has 0 aliphatic rings. The molecular weight excluding hydrogens is 374 g/mol. The molecule has 0 spiro atoms. The molecule has 0 fully saturated rings. The molecular formula is C18H27NO7S. The van der Waals surface area contributed by atoms with Gasteiger partial charge in [-0.05, 0) is 25.8 Å². The fourth-order valence-corrected chi connectivity index (χ4v) is 3.91. The molecule has 9 heteroatoms. The number of carboxylic acids is 1. The number of ether oxygens (including phenoxy) is 1. The topological polar surface area (TPSA) is 130 Å². The molecule has 1 atom stereocenters. The molecule has 0 bridgehead atoms. The monoisotopic (exact) mass is 401 g/mol. The van der Waals surface area contributed by atoms with Crippen LogP contribution in [0.25, 0.3) is 0 Å². The highest BCUT2D eigenvalue weighted by molar-refractivity contribution is 7.93. The Labute approximate surface area is 159 Å². The zero-order chi connectivity index (χ0) is 20.5. The number of sulfone groups is 1. The Kier molecular flexibility index (Phi) is 8.87. The second-order valence-electron chi connectivity index (χ2n) is 6.61. The summed E-state index contributed by atoms with van der Waals surface area (Å²) in [6.07, 6.45) is 0.0576. The third-order valence-corrected chi connectivity index (χ3v) is 6.77. The van der Waals surface area contributed by atoms with Gasteiger partial charge >= 0.3 is 5.97 Å². The van der Waals surface area contributed by atoms with Gasteiger partial charge in [0.05, 0.1) is 31.5 Å². The number of aliphatic hydroxyl groups is 1. The Morgan fingerprint density at radius 3 is 2.37 bits per heavy atom. The lowest BCUT2D eigenvalue weighted by Gasteiger charge is -2.25. The summed E-state index contributed by atoms with van der Waals surface area (Å²) in [5, 5.41) is 20.5. The third-order valence-electron chi connectivity index (χ3n) is 4.19. The van der Waals surface area contributed by atoms with E-state index in [1.165, 1.54) is 13.8 Å². The van der Waals surface area contributed by atoms with Crippen molar-refractivity contribution in [2.45, 2.75) is 25.0 Å². The number of hydrogen-bond donors (Lipinski definition) is 3. The minimum absolute atomic E-state index is 0.0576. The molecule has 0 radical (unpaired) electrons. The molecule has 1 amide bonds. The van der Waals surface area contributed by atoms with E-state index in [0.29, 0.717) is 5.56 Å². The van der Waals surface area contributed by atoms with Crippen molar-refractivity contribution in [1.82, 2.24) is 5.32 Å². The van der Waals surface area contributed by atoms with Crippen LogP contribution in [0, 0.1) is 5.92 Å². The largest absolute Gasteiger partial charge is 0.481 e. The molecule has 0 aliphatic carbocycles. The molecule has 0 aromatic heterocycles. The van der Waals surface area contributed by atoms with Crippen LogP contribution in [0.1, 0.15) is 19.4 Å². The highest BCUT2D eigenvalue weighted by Gasteiger charge is 2.43. The fraction of sp³-hybridized carbons (Fsp3) is 0.556. The van der Waals surface area contributed by atoms with Crippen molar-refractivity contribution in [3.8, 4) is 0 Å². The van der Waals surface area contributed by atoms with Crippen LogP contribution in [-0.2, 0) is 30.6 Å². The number of hydrogen-bond acceptors (Lipinski definition) is 6. The van der Waals surface area contributed by atoms with E-state index in [2.05, 4.69) is 5.32 Å². The van der Waals surface area contributed by atoms with Gasteiger partial charge in [-0.15, -0.1) is 0 Å². The van der Waals surface area contributed by atoms with Crippen LogP contribution in [-0.4, -0.2) is 67.4 Å². The first-order valence-corrected chi connectivity index (χ1v) is 10.2. The van der Waals surface area contributed by atoms with Crippen LogP contribution in [0.2, 0.25) is 0 Å². The molecule has 8 nitrogen and oxygen atoms in total. The number of amides is 1. The van der Waals surface area contributed by atoms with Gasteiger partial charge in [-0.3, -0.25) is 9.59 Å². The SMILES string of the molecule is CC(C)(C(=O)NCCOCCO)S(=O)(=O)CC(Cc1ccccc1)C(=O)O. The summed E-state index contributed by atoms with van der Waals surface area (Å²) in [6, 6.07) is 8.74. The van der Waals surface area contributed by atoms with Crippen LogP contribution in [0.5, 0.6) is 0 Å². The minimum atomic E-state index is -4.04. The van der Waals surface area contributed by atoms with E-state index in [-0.39, 0.29) is 32.8 Å². The molecule has 0 saturated carbocycles. The van der Waals surface area contributed by atoms with Gasteiger partial charge < -0.3 is 20.3 Å². The smallest absolute Gasteiger partial charge is 0.307 e. The predicted molar refractivity (Wildman–Crippen MR) is 100 cm³/mol. The van der Waals surface area contributed by atoms with Gasteiger partial charge in [0.1, 0.15) is 4.75 Å². The first-order valence-electron chi connectivity index (χ1n) is 8.57. The number of carboxylic acid groups (broad SMARTS) is 1. The number of rotatable bonds is 12. The van der Waals surface area contributed by atoms with Gasteiger partial charge in [-0.1, -0.05) is 30.3 Å². The second kappa shape index (κ2) is 10.4. The average Bonchev–Trinajstić information content (AvgIpc) is 2.61. The Hall–Kier alpha value is -1.97. The van der Waals surface area contributed by atoms with E-state index >= 15 is 0 Å². The standard InChI is InChI=1S/C18H27NO7S/c1-18(2,17(23)19-8-10-26-11-9-20)27(24,25)13-15(16(21)22)12-14-6-4-3-5-7-14/h3-7,15,20H,8-13H2,1-2H3,(H,19,23)(H,21,22). The van der Waals surface area contributed by atoms with Crippen LogP contribution < -0.4 is 5.32 Å². The lowest BCUT2D eigenvalue weighted by molar-refractivity contribution is -0.141. The molecule has 27 heavy (non-hydrogen) atoms. The van der Waals surface area contributed by atoms with E-state index in [1.54, 1.807) is 30.3 Å². The first kappa shape index (κ1) is 23.1. The van der Waals surface area contributed by atoms with Crippen molar-refractivity contribution < 1.29 is 33.0 Å². The predicted octanol–water partition coefficient (Wildman–Crippen LogP) is 0.248. The average molecular weight is 401 g/mol. The zero-order valence-corrected chi connectivity index (χ0v) is 16.4. The van der Waals surface area contributed by atoms with Crippen LogP contribution in [0.3, 0.4) is 0 Å². The van der Waals surface area contributed by atoms with E-state index in [1.807, 2.05) is 0 Å². The normalized spacial score (nSPS) is 13.1. The summed E-state index contributed by atoms with van der Waals surface area (Å²) < 4.78 is 28.7. The number of nitrogens with one attached hydrogen (secondary N) is 1. The van der Waals surface area contributed by atoms with E-state index in [4.69, 9.17) is 9.84 Å². The van der Waals surface area contributed by atoms with Crippen molar-refractivity contribution in [3.05, 3.63) is 35.9 Å². The molecule has 0 heterocycles. The molecule has 1 rings (SSSR count). The second-order valence-corrected chi connectivity index (χ2v) is 9.19. The van der Waals surface area contributed by atoms with Gasteiger partial charge in [0, 0.05) is 6.54 Å². The van der Waals surface area contributed by atoms with Gasteiger partial charge in [0.25, 0.3) is 0 Å². The molecule has 0 aliphatic heterocycles. The summed E-state index contributed by atoms with van der Waals surface area (Å²) >= 11 is 0. The van der Waals surface area contributed by atoms with E-state index in [9.17, 15) is 23.1 Å². The maximum atomic E-state index is 12.7. The lowest BCUT2D eigenvalue weighted by atomic mass is 10.0. The van der Waals surface area contributed by atoms with Gasteiger partial charge in [0.2, 0.25) is 5.91 Å². The summed E-state index contributed by atoms with van der Waals surface area (Å²) in [7, 11) is -4.04. The molecule has 1 aromatic carbocycles. The third kappa shape index (κ3) is 6.93. The Bertz CT molecular complexity index is 716. The molecule has 1 unspecified atom stereocenters. The maximum absolute atomic E-state index is 12.7. The van der Waals surface area contributed by atoms with Gasteiger partial charge in [-0.25, -0.2) is 8.42 Å². The molecule has 1 aromatic rings. The summed E-state index contributed by atoms with van der Waals surface area (Å²) in [5.41, 5.74) is 0.711. The van der Waals surface area contributed by atoms with Gasteiger partial charge in [-0.2, -0.15) is 0 Å². The number of benzene rings is 1. The Morgan fingerprint density at radius 2 is 1.81 bits per heavy atom. The van der Waals surface area contributed by atoms with Crippen molar-refractivity contribution in [1.29, 1.82) is 0 Å². The summed E-state index contributed by atoms with van der Waals surface area (Å²) in [5.74, 6) is -3.74. The highest BCUT2D eigenvalue weighted by Crippen LogP contribution is 2.22. The summed E-state index contributed by atoms with van der Waals surface area (Å²) in [4.78, 5) is 23.9. The zero-order valence-electron chi connectivity index (χ0n) is 15.6. The quantitative estimate of drug-likeness (QED) is 0.428. The van der Waals surface area contributed by atoms with Crippen molar-refractivity contribution in [3.63, 3.8) is 0 Å². The minimum Gasteiger partial charge on any atom is -0.481 e. The number of aliphatic hydroxyl groups excluding tert-OH is 1. The molecule has 3 N–H and O–H groups in total. The fourth-order valence-electron chi connectivity index (χ4n) is 2.35. The Morgan fingerprint density at radius 1 is 1.19 bits per heavy atom. The van der Waals surface area contributed by atoms with E-state index in [0.717, 1.165) is 0 Å². The van der Waals surface area contributed by atoms with Crippen molar-refractivity contribution in [2.75, 3.05) is 32.1 Å². The van der Waals surface area contributed by atoms with Gasteiger partial charge in [0.15, 0.2) is 9.84 Å². The summed E-state index contributed by atoms with van der Waals surface area (Å²) in [6.45, 7) is 2.71. The Balaban J connectivity index is 2.78. The lowest BCUT2D eigenvalue weighted by Crippen LogP contribution is -2.51. The highest BCUT2D eigenvalue weighted by atomic mass is 32.2. The first-order chi connectivity index (χ1) is 12.6. The number of aliphatic carboxylic acids is 1. The van der Waals surface area contributed by atoms with Crippen LogP contribution in [0.4, 0.5) is 0 Å².